The number of fused-ring (bicyclic) bond motifs is 1. The van der Waals surface area contributed by atoms with Crippen LogP contribution in [0.5, 0.6) is 0 Å². The molecule has 0 bridgehead atoms. The Morgan fingerprint density at radius 2 is 1.73 bits per heavy atom. The number of hydrogen-bond acceptors (Lipinski definition) is 6. The van der Waals surface area contributed by atoms with E-state index in [1.165, 1.54) is 6.08 Å². The molecule has 5 aromatic rings. The molecule has 0 radical (unpaired) electrons. The minimum absolute atomic E-state index is 0.230. The van der Waals surface area contributed by atoms with E-state index in [2.05, 4.69) is 30.9 Å². The second-order valence-electron chi connectivity index (χ2n) is 9.53. The van der Waals surface area contributed by atoms with Crippen LogP contribution in [-0.2, 0) is 4.79 Å². The first-order valence-electron chi connectivity index (χ1n) is 12.9. The lowest BCUT2D eigenvalue weighted by molar-refractivity contribution is -0.111. The summed E-state index contributed by atoms with van der Waals surface area (Å²) in [5.74, 6) is -0.142. The SMILES string of the molecule is CN(C)C/C=C/C(=O)Nc1ccc(C(=O)Nc2cccc(Nc3ncc(Cl)c(-c4cccc5[nH]ccc45)n3)c2)cc1. The Bertz CT molecular complexity index is 1730. The maximum atomic E-state index is 12.9. The maximum absolute atomic E-state index is 12.9. The maximum Gasteiger partial charge on any atom is 0.255 e. The predicted octanol–water partition coefficient (Wildman–Crippen LogP) is 6.33. The minimum atomic E-state index is -0.282. The van der Waals surface area contributed by atoms with Gasteiger partial charge in [0, 0.05) is 57.9 Å². The fraction of sp³-hybridized carbons (Fsp3) is 0.0968. The molecule has 0 spiro atoms. The number of hydrogen-bond donors (Lipinski definition) is 4. The third-order valence-corrected chi connectivity index (χ3v) is 6.40. The lowest BCUT2D eigenvalue weighted by Gasteiger charge is -2.11. The summed E-state index contributed by atoms with van der Waals surface area (Å²) in [6.45, 7) is 0.669. The fourth-order valence-corrected chi connectivity index (χ4v) is 4.37. The van der Waals surface area contributed by atoms with E-state index in [0.717, 1.165) is 16.5 Å². The van der Waals surface area contributed by atoms with Gasteiger partial charge in [-0.2, -0.15) is 0 Å². The van der Waals surface area contributed by atoms with Crippen molar-refractivity contribution in [3.05, 3.63) is 108 Å². The van der Waals surface area contributed by atoms with E-state index < -0.39 is 0 Å². The molecule has 2 heterocycles. The van der Waals surface area contributed by atoms with Gasteiger partial charge in [-0.25, -0.2) is 9.97 Å². The molecule has 0 atom stereocenters. The van der Waals surface area contributed by atoms with Crippen molar-refractivity contribution in [2.24, 2.45) is 0 Å². The standard InChI is InChI=1S/C31H28ClN7O2/c1-39(2)17-5-10-28(40)35-21-13-11-20(12-14-21)30(41)36-22-6-3-7-23(18-22)37-31-34-19-26(32)29(38-31)25-8-4-9-27-24(25)15-16-33-27/h3-16,18-19,33H,17H2,1-2H3,(H,35,40)(H,36,41)(H,34,37,38)/b10-5+. The van der Waals surface area contributed by atoms with E-state index >= 15 is 0 Å². The Balaban J connectivity index is 1.25. The Morgan fingerprint density at radius 1 is 0.951 bits per heavy atom. The molecular weight excluding hydrogens is 538 g/mol. The fourth-order valence-electron chi connectivity index (χ4n) is 4.17. The van der Waals surface area contributed by atoms with E-state index in [4.69, 9.17) is 11.6 Å². The summed E-state index contributed by atoms with van der Waals surface area (Å²) >= 11 is 6.47. The third-order valence-electron chi connectivity index (χ3n) is 6.13. The van der Waals surface area contributed by atoms with Crippen molar-refractivity contribution in [1.82, 2.24) is 19.9 Å². The van der Waals surface area contributed by atoms with Gasteiger partial charge >= 0.3 is 0 Å². The summed E-state index contributed by atoms with van der Waals surface area (Å²) in [4.78, 5) is 39.1. The first kappa shape index (κ1) is 27.6. The van der Waals surface area contributed by atoms with Gasteiger partial charge in [-0.3, -0.25) is 9.59 Å². The molecule has 206 valence electrons. The van der Waals surface area contributed by atoms with E-state index in [9.17, 15) is 9.59 Å². The summed E-state index contributed by atoms with van der Waals surface area (Å²) in [6.07, 6.45) is 6.71. The minimum Gasteiger partial charge on any atom is -0.361 e. The van der Waals surface area contributed by atoms with Gasteiger partial charge in [-0.1, -0.05) is 35.9 Å². The summed E-state index contributed by atoms with van der Waals surface area (Å²) in [7, 11) is 3.85. The van der Waals surface area contributed by atoms with E-state index in [1.807, 2.05) is 61.6 Å². The number of rotatable bonds is 9. The van der Waals surface area contributed by atoms with Crippen LogP contribution in [0.1, 0.15) is 10.4 Å². The molecule has 2 aromatic heterocycles. The van der Waals surface area contributed by atoms with Gasteiger partial charge in [0.25, 0.3) is 5.91 Å². The largest absolute Gasteiger partial charge is 0.361 e. The van der Waals surface area contributed by atoms with Crippen molar-refractivity contribution in [1.29, 1.82) is 0 Å². The molecule has 10 heteroatoms. The van der Waals surface area contributed by atoms with Gasteiger partial charge in [0.15, 0.2) is 0 Å². The van der Waals surface area contributed by atoms with Crippen molar-refractivity contribution < 1.29 is 9.59 Å². The highest BCUT2D eigenvalue weighted by Crippen LogP contribution is 2.32. The first-order valence-corrected chi connectivity index (χ1v) is 13.2. The summed E-state index contributed by atoms with van der Waals surface area (Å²) in [5, 5.41) is 10.3. The molecule has 0 aliphatic heterocycles. The quantitative estimate of drug-likeness (QED) is 0.155. The summed E-state index contributed by atoms with van der Waals surface area (Å²) < 4.78 is 0. The van der Waals surface area contributed by atoms with Crippen LogP contribution in [0.2, 0.25) is 5.02 Å². The number of carbonyl (C=O) groups is 2. The van der Waals surface area contributed by atoms with Gasteiger partial charge in [0.2, 0.25) is 11.9 Å². The molecule has 4 N–H and O–H groups in total. The van der Waals surface area contributed by atoms with Crippen LogP contribution in [0, 0.1) is 0 Å². The monoisotopic (exact) mass is 565 g/mol. The van der Waals surface area contributed by atoms with Crippen molar-refractivity contribution in [2.75, 3.05) is 36.6 Å². The van der Waals surface area contributed by atoms with Crippen molar-refractivity contribution in [3.63, 3.8) is 0 Å². The predicted molar refractivity (Wildman–Crippen MR) is 165 cm³/mol. The molecule has 9 nitrogen and oxygen atoms in total. The summed E-state index contributed by atoms with van der Waals surface area (Å²) in [5.41, 5.74) is 4.83. The lowest BCUT2D eigenvalue weighted by Crippen LogP contribution is -2.13. The first-order chi connectivity index (χ1) is 19.9. The topological polar surface area (TPSA) is 115 Å². The number of likely N-dealkylation sites (N-methyl/N-ethyl adjacent to an activating group) is 1. The van der Waals surface area contributed by atoms with Gasteiger partial charge in [0.1, 0.15) is 0 Å². The molecular formula is C31H28ClN7O2. The second-order valence-corrected chi connectivity index (χ2v) is 9.93. The van der Waals surface area contributed by atoms with Crippen LogP contribution in [0.3, 0.4) is 0 Å². The van der Waals surface area contributed by atoms with Crippen LogP contribution < -0.4 is 16.0 Å². The molecule has 0 fully saturated rings. The zero-order valence-corrected chi connectivity index (χ0v) is 23.2. The number of aromatic amines is 1. The number of carbonyl (C=O) groups excluding carboxylic acids is 2. The van der Waals surface area contributed by atoms with Crippen LogP contribution in [0.25, 0.3) is 22.2 Å². The molecule has 3 aromatic carbocycles. The highest BCUT2D eigenvalue weighted by Gasteiger charge is 2.13. The number of anilines is 4. The van der Waals surface area contributed by atoms with E-state index in [0.29, 0.717) is 45.8 Å². The number of nitrogens with one attached hydrogen (secondary N) is 4. The Labute approximate surface area is 242 Å². The van der Waals surface area contributed by atoms with Crippen molar-refractivity contribution in [2.45, 2.75) is 0 Å². The average Bonchev–Trinajstić information content (AvgIpc) is 3.44. The molecule has 5 rings (SSSR count). The van der Waals surface area contributed by atoms with Crippen LogP contribution in [0.15, 0.2) is 97.3 Å². The van der Waals surface area contributed by atoms with E-state index in [-0.39, 0.29) is 11.8 Å². The van der Waals surface area contributed by atoms with Gasteiger partial charge in [0.05, 0.1) is 16.9 Å². The lowest BCUT2D eigenvalue weighted by atomic mass is 10.1. The second kappa shape index (κ2) is 12.5. The van der Waals surface area contributed by atoms with Gasteiger partial charge in [-0.15, -0.1) is 0 Å². The molecule has 2 amide bonds. The highest BCUT2D eigenvalue weighted by atomic mass is 35.5. The molecule has 0 saturated heterocycles. The Kier molecular flexibility index (Phi) is 8.38. The molecule has 0 aliphatic rings. The number of halogens is 1. The van der Waals surface area contributed by atoms with Crippen LogP contribution >= 0.6 is 11.6 Å². The third kappa shape index (κ3) is 6.96. The molecule has 0 unspecified atom stereocenters. The van der Waals surface area contributed by atoms with Crippen molar-refractivity contribution >= 4 is 57.3 Å². The summed E-state index contributed by atoms with van der Waals surface area (Å²) in [6, 6.07) is 21.8. The smallest absolute Gasteiger partial charge is 0.255 e. The van der Waals surface area contributed by atoms with E-state index in [1.54, 1.807) is 48.7 Å². The Hall–Kier alpha value is -4.99. The number of aromatic nitrogens is 3. The zero-order valence-electron chi connectivity index (χ0n) is 22.5. The normalized spacial score (nSPS) is 11.2. The molecule has 0 saturated carbocycles. The number of amides is 2. The number of nitrogens with zero attached hydrogens (tertiary/aromatic N) is 3. The highest BCUT2D eigenvalue weighted by molar-refractivity contribution is 6.33. The van der Waals surface area contributed by atoms with Crippen molar-refractivity contribution in [3.8, 4) is 11.3 Å². The van der Waals surface area contributed by atoms with Crippen LogP contribution in [-0.4, -0.2) is 52.3 Å². The molecule has 0 aliphatic carbocycles. The Morgan fingerprint density at radius 3 is 2.54 bits per heavy atom. The molecule has 41 heavy (non-hydrogen) atoms. The van der Waals surface area contributed by atoms with Gasteiger partial charge in [-0.05, 0) is 68.7 Å². The number of benzene rings is 3. The number of H-pyrrole nitrogens is 1. The van der Waals surface area contributed by atoms with Crippen LogP contribution in [0.4, 0.5) is 23.0 Å². The van der Waals surface area contributed by atoms with Gasteiger partial charge < -0.3 is 25.8 Å². The average molecular weight is 566 g/mol. The zero-order chi connectivity index (χ0) is 28.8.